The molecular weight excluding hydrogens is 501 g/mol. The van der Waals surface area contributed by atoms with E-state index in [9.17, 15) is 18.1 Å². The summed E-state index contributed by atoms with van der Waals surface area (Å²) >= 11 is 4.40. The van der Waals surface area contributed by atoms with Crippen molar-refractivity contribution in [3.05, 3.63) is 69.2 Å². The first-order chi connectivity index (χ1) is 14.1. The van der Waals surface area contributed by atoms with Gasteiger partial charge < -0.3 is 14.5 Å². The summed E-state index contributed by atoms with van der Waals surface area (Å²) in [7, 11) is -5.62. The van der Waals surface area contributed by atoms with E-state index < -0.39 is 24.8 Å². The Balaban J connectivity index is 1.96. The maximum absolute atomic E-state index is 13.8. The number of carbonyl (C=O) groups excluding carboxylic acids is 1. The van der Waals surface area contributed by atoms with E-state index in [1.807, 2.05) is 0 Å². The van der Waals surface area contributed by atoms with Gasteiger partial charge in [0.15, 0.2) is 0 Å². The Kier molecular flexibility index (Phi) is 8.65. The van der Waals surface area contributed by atoms with E-state index in [4.69, 9.17) is 14.5 Å². The molecule has 30 heavy (non-hydrogen) atoms. The molecule has 160 valence electrons. The fourth-order valence-electron chi connectivity index (χ4n) is 2.35. The molecular formula is C20H18BrF2O5PS. The maximum atomic E-state index is 13.8. The van der Waals surface area contributed by atoms with E-state index >= 15 is 0 Å². The van der Waals surface area contributed by atoms with Gasteiger partial charge in [-0.2, -0.15) is 8.78 Å². The number of thioether (sulfide) groups is 1. The van der Waals surface area contributed by atoms with Gasteiger partial charge in [-0.25, -0.2) is 4.79 Å². The summed E-state index contributed by atoms with van der Waals surface area (Å²) in [6, 6.07) is 10.6. The van der Waals surface area contributed by atoms with E-state index in [0.29, 0.717) is 34.8 Å². The number of esters is 1. The summed E-state index contributed by atoms with van der Waals surface area (Å²) in [5.74, 6) is 6.44. The number of rotatable bonds is 7. The number of hydrogen-bond acceptors (Lipinski definition) is 4. The molecule has 0 aliphatic heterocycles. The Morgan fingerprint density at radius 3 is 2.63 bits per heavy atom. The molecule has 0 radical (unpaired) electrons. The molecule has 0 atom stereocenters. The average molecular weight is 519 g/mol. The summed E-state index contributed by atoms with van der Waals surface area (Å²) in [6.07, 6.45) is 0. The SMILES string of the molecule is CCOC(=O)c1cccc(C#CCSCc2ccc(C(F)(F)P(=O)(O)O)c(Br)c2)c1. The lowest BCUT2D eigenvalue weighted by atomic mass is 10.1. The van der Waals surface area contributed by atoms with Crippen LogP contribution in [0.2, 0.25) is 0 Å². The summed E-state index contributed by atoms with van der Waals surface area (Å²) < 4.78 is 43.6. The molecule has 0 saturated carbocycles. The Hall–Kier alpha value is -1.69. The number of alkyl halides is 2. The molecule has 10 heteroatoms. The second-order valence-corrected chi connectivity index (χ2v) is 9.48. The van der Waals surface area contributed by atoms with Crippen molar-refractivity contribution < 1.29 is 32.7 Å². The monoisotopic (exact) mass is 518 g/mol. The van der Waals surface area contributed by atoms with Crippen molar-refractivity contribution in [2.75, 3.05) is 12.4 Å². The number of halogens is 3. The summed E-state index contributed by atoms with van der Waals surface area (Å²) in [5, 5.41) is 0. The zero-order valence-corrected chi connectivity index (χ0v) is 19.1. The van der Waals surface area contributed by atoms with E-state index in [0.717, 1.165) is 6.07 Å². The number of benzene rings is 2. The van der Waals surface area contributed by atoms with Crippen LogP contribution in [0.25, 0.3) is 0 Å². The van der Waals surface area contributed by atoms with Crippen LogP contribution in [0.5, 0.6) is 0 Å². The molecule has 0 amide bonds. The Bertz CT molecular complexity index is 1030. The van der Waals surface area contributed by atoms with Crippen LogP contribution in [0.4, 0.5) is 8.78 Å². The molecule has 0 spiro atoms. The second kappa shape index (κ2) is 10.6. The van der Waals surface area contributed by atoms with Gasteiger partial charge in [0.25, 0.3) is 0 Å². The van der Waals surface area contributed by atoms with Crippen molar-refractivity contribution in [1.29, 1.82) is 0 Å². The van der Waals surface area contributed by atoms with E-state index in [-0.39, 0.29) is 4.47 Å². The predicted molar refractivity (Wildman–Crippen MR) is 116 cm³/mol. The Labute approximate surface area is 185 Å². The lowest BCUT2D eigenvalue weighted by molar-refractivity contribution is 0.0526. The van der Waals surface area contributed by atoms with E-state index in [1.165, 1.54) is 23.9 Å². The van der Waals surface area contributed by atoms with Gasteiger partial charge in [0.05, 0.1) is 17.9 Å². The highest BCUT2D eigenvalue weighted by Gasteiger charge is 2.51. The van der Waals surface area contributed by atoms with Gasteiger partial charge in [-0.1, -0.05) is 46.0 Å². The van der Waals surface area contributed by atoms with Crippen LogP contribution in [0.1, 0.15) is 34.0 Å². The third kappa shape index (κ3) is 6.40. The number of carbonyl (C=O) groups is 1. The standard InChI is InChI=1S/C20H18BrF2O5PS/c1-2-28-19(24)16-7-3-5-14(11-16)6-4-10-30-13-15-8-9-17(18(21)12-15)20(22,23)29(25,26)27/h3,5,7-9,11-12H,2,10,13H2,1H3,(H2,25,26,27). The van der Waals surface area contributed by atoms with Gasteiger partial charge >= 0.3 is 19.2 Å². The van der Waals surface area contributed by atoms with Crippen molar-refractivity contribution in [3.63, 3.8) is 0 Å². The van der Waals surface area contributed by atoms with Crippen LogP contribution >= 0.6 is 35.3 Å². The van der Waals surface area contributed by atoms with Gasteiger partial charge in [-0.05, 0) is 36.8 Å². The lowest BCUT2D eigenvalue weighted by Gasteiger charge is -2.19. The fourth-order valence-corrected chi connectivity index (χ4v) is 4.37. The molecule has 0 bridgehead atoms. The highest BCUT2D eigenvalue weighted by molar-refractivity contribution is 9.10. The van der Waals surface area contributed by atoms with Gasteiger partial charge in [-0.3, -0.25) is 4.57 Å². The van der Waals surface area contributed by atoms with Gasteiger partial charge in [0.2, 0.25) is 0 Å². The van der Waals surface area contributed by atoms with Gasteiger partial charge in [0, 0.05) is 21.4 Å². The van der Waals surface area contributed by atoms with E-state index in [1.54, 1.807) is 31.2 Å². The number of ether oxygens (including phenoxy) is 1. The molecule has 0 fully saturated rings. The smallest absolute Gasteiger partial charge is 0.399 e. The van der Waals surface area contributed by atoms with Crippen molar-refractivity contribution in [1.82, 2.24) is 0 Å². The second-order valence-electron chi connectivity index (χ2n) is 6.00. The molecule has 2 rings (SSSR count). The minimum atomic E-state index is -5.62. The minimum Gasteiger partial charge on any atom is -0.462 e. The zero-order chi connectivity index (χ0) is 22.4. The highest BCUT2D eigenvalue weighted by Crippen LogP contribution is 2.60. The molecule has 0 saturated heterocycles. The van der Waals surface area contributed by atoms with E-state index in [2.05, 4.69) is 27.8 Å². The fraction of sp³-hybridized carbons (Fsp3) is 0.250. The van der Waals surface area contributed by atoms with Crippen LogP contribution in [-0.4, -0.2) is 28.1 Å². The van der Waals surface area contributed by atoms with Crippen molar-refractivity contribution >= 4 is 41.3 Å². The zero-order valence-electron chi connectivity index (χ0n) is 15.8. The Morgan fingerprint density at radius 2 is 2.00 bits per heavy atom. The van der Waals surface area contributed by atoms with Gasteiger partial charge in [-0.15, -0.1) is 11.8 Å². The molecule has 0 aromatic heterocycles. The maximum Gasteiger partial charge on any atom is 0.399 e. The number of hydrogen-bond donors (Lipinski definition) is 2. The van der Waals surface area contributed by atoms with Crippen LogP contribution in [0, 0.1) is 11.8 Å². The lowest BCUT2D eigenvalue weighted by Crippen LogP contribution is -2.14. The quantitative estimate of drug-likeness (QED) is 0.228. The molecule has 0 aliphatic rings. The molecule has 0 heterocycles. The van der Waals surface area contributed by atoms with Gasteiger partial charge in [0.1, 0.15) is 0 Å². The van der Waals surface area contributed by atoms with Crippen molar-refractivity contribution in [2.45, 2.75) is 18.3 Å². The van der Waals surface area contributed by atoms with Crippen LogP contribution in [-0.2, 0) is 20.7 Å². The summed E-state index contributed by atoms with van der Waals surface area (Å²) in [5.41, 5.74) is -3.23. The molecule has 2 N–H and O–H groups in total. The van der Waals surface area contributed by atoms with Crippen LogP contribution in [0.3, 0.4) is 0 Å². The first kappa shape index (κ1) is 24.6. The first-order valence-corrected chi connectivity index (χ1v) is 12.2. The predicted octanol–water partition coefficient (Wildman–Crippen LogP) is 5.14. The molecule has 0 unspecified atom stereocenters. The normalized spacial score (nSPS) is 11.5. The summed E-state index contributed by atoms with van der Waals surface area (Å²) in [6.45, 7) is 2.02. The average Bonchev–Trinajstić information content (AvgIpc) is 2.67. The Morgan fingerprint density at radius 1 is 1.27 bits per heavy atom. The highest BCUT2D eigenvalue weighted by atomic mass is 79.9. The molecule has 2 aromatic rings. The summed E-state index contributed by atoms with van der Waals surface area (Å²) in [4.78, 5) is 29.4. The van der Waals surface area contributed by atoms with Crippen molar-refractivity contribution in [3.8, 4) is 11.8 Å². The molecule has 0 aliphatic carbocycles. The largest absolute Gasteiger partial charge is 0.462 e. The topological polar surface area (TPSA) is 83.8 Å². The third-order valence-corrected chi connectivity index (χ3v) is 6.29. The van der Waals surface area contributed by atoms with Crippen LogP contribution in [0.15, 0.2) is 46.9 Å². The third-order valence-electron chi connectivity index (χ3n) is 3.77. The minimum absolute atomic E-state index is 0.0733. The van der Waals surface area contributed by atoms with Crippen molar-refractivity contribution in [2.24, 2.45) is 0 Å². The molecule has 2 aromatic carbocycles. The molecule has 5 nitrogen and oxygen atoms in total. The van der Waals surface area contributed by atoms with Crippen LogP contribution < -0.4 is 0 Å². The first-order valence-electron chi connectivity index (χ1n) is 8.62.